The molecule has 2 heteroatoms. The van der Waals surface area contributed by atoms with E-state index in [4.69, 9.17) is 0 Å². The minimum atomic E-state index is -0.332. The van der Waals surface area contributed by atoms with Crippen LogP contribution in [0.2, 0.25) is 0 Å². The summed E-state index contributed by atoms with van der Waals surface area (Å²) in [5, 5.41) is 0. The molecule has 2 nitrogen and oxygen atoms in total. The summed E-state index contributed by atoms with van der Waals surface area (Å²) in [5.41, 5.74) is 5.70. The second kappa shape index (κ2) is 5.94. The summed E-state index contributed by atoms with van der Waals surface area (Å²) in [6, 6.07) is 9.93. The van der Waals surface area contributed by atoms with Gasteiger partial charge in [-0.1, -0.05) is 37.3 Å². The fraction of sp³-hybridized carbons (Fsp3) is 0.286. The second-order valence-electron chi connectivity index (χ2n) is 3.44. The molecule has 1 aromatic rings. The number of esters is 1. The first kappa shape index (κ1) is 12.3. The summed E-state index contributed by atoms with van der Waals surface area (Å²) in [6.45, 7) is 3.75. The number of methoxy groups -OCH3 is 1. The molecule has 0 atom stereocenters. The Morgan fingerprint density at radius 2 is 1.94 bits per heavy atom. The number of carbonyl (C=O) groups is 1. The Labute approximate surface area is 96.2 Å². The number of carbonyl (C=O) groups excluding carboxylic acids is 1. The highest BCUT2D eigenvalue weighted by Crippen LogP contribution is 2.16. The lowest BCUT2D eigenvalue weighted by Gasteiger charge is -2.02. The summed E-state index contributed by atoms with van der Waals surface area (Å²) in [5.74, 6) is -0.332. The van der Waals surface area contributed by atoms with Crippen LogP contribution in [-0.4, -0.2) is 13.1 Å². The Morgan fingerprint density at radius 3 is 2.44 bits per heavy atom. The lowest BCUT2D eigenvalue weighted by atomic mass is 10.0. The van der Waals surface area contributed by atoms with Crippen LogP contribution in [0, 0.1) is 0 Å². The Morgan fingerprint density at radius 1 is 1.31 bits per heavy atom. The molecule has 84 valence electrons. The summed E-state index contributed by atoms with van der Waals surface area (Å²) < 4.78 is 4.64. The highest BCUT2D eigenvalue weighted by Gasteiger charge is 2.03. The first-order valence-electron chi connectivity index (χ1n) is 5.29. The van der Waals surface area contributed by atoms with Crippen LogP contribution in [0.4, 0.5) is 0 Å². The second-order valence-corrected chi connectivity index (χ2v) is 3.44. The molecule has 0 aliphatic carbocycles. The van der Waals surface area contributed by atoms with Crippen molar-refractivity contribution in [2.45, 2.75) is 20.3 Å². The van der Waals surface area contributed by atoms with Crippen LogP contribution >= 0.6 is 0 Å². The third kappa shape index (κ3) is 3.11. The normalized spacial score (nSPS) is 9.19. The van der Waals surface area contributed by atoms with Gasteiger partial charge in [0.2, 0.25) is 0 Å². The molecular formula is C14H16O2. The van der Waals surface area contributed by atoms with Crippen LogP contribution in [0.5, 0.6) is 0 Å². The molecule has 0 bridgehead atoms. The summed E-state index contributed by atoms with van der Waals surface area (Å²) >= 11 is 0. The minimum Gasteiger partial charge on any atom is -0.465 e. The van der Waals surface area contributed by atoms with E-state index < -0.39 is 0 Å². The average Bonchev–Trinajstić information content (AvgIpc) is 2.35. The van der Waals surface area contributed by atoms with Crippen molar-refractivity contribution in [1.29, 1.82) is 0 Å². The monoisotopic (exact) mass is 216 g/mol. The van der Waals surface area contributed by atoms with Gasteiger partial charge in [-0.15, -0.1) is 5.73 Å². The van der Waals surface area contributed by atoms with Crippen molar-refractivity contribution in [3.63, 3.8) is 0 Å². The van der Waals surface area contributed by atoms with Gasteiger partial charge in [-0.3, -0.25) is 0 Å². The molecule has 0 saturated carbocycles. The molecule has 1 aromatic carbocycles. The van der Waals surface area contributed by atoms with Gasteiger partial charge in [-0.25, -0.2) is 4.79 Å². The predicted octanol–water partition coefficient (Wildman–Crippen LogP) is 3.20. The van der Waals surface area contributed by atoms with E-state index >= 15 is 0 Å². The molecule has 0 unspecified atom stereocenters. The number of benzene rings is 1. The smallest absolute Gasteiger partial charge is 0.341 e. The van der Waals surface area contributed by atoms with Crippen molar-refractivity contribution in [3.8, 4) is 0 Å². The molecule has 0 heterocycles. The maximum atomic E-state index is 11.3. The molecule has 0 aromatic heterocycles. The SMILES string of the molecule is CCC(=C=C(C)C(=O)OC)c1ccccc1. The molecule has 0 saturated heterocycles. The van der Waals surface area contributed by atoms with E-state index in [0.29, 0.717) is 5.57 Å². The molecule has 0 spiro atoms. The third-order valence-corrected chi connectivity index (χ3v) is 2.31. The molecular weight excluding hydrogens is 200 g/mol. The van der Waals surface area contributed by atoms with Crippen LogP contribution < -0.4 is 0 Å². The number of hydrogen-bond donors (Lipinski definition) is 0. The van der Waals surface area contributed by atoms with Gasteiger partial charge in [0, 0.05) is 5.57 Å². The van der Waals surface area contributed by atoms with Gasteiger partial charge in [0.15, 0.2) is 0 Å². The van der Waals surface area contributed by atoms with Crippen LogP contribution in [0.1, 0.15) is 25.8 Å². The first-order chi connectivity index (χ1) is 7.69. The van der Waals surface area contributed by atoms with Gasteiger partial charge in [-0.2, -0.15) is 0 Å². The predicted molar refractivity (Wildman–Crippen MR) is 64.9 cm³/mol. The number of ether oxygens (including phenoxy) is 1. The number of hydrogen-bond acceptors (Lipinski definition) is 2. The number of rotatable bonds is 3. The fourth-order valence-corrected chi connectivity index (χ4v) is 1.43. The quantitative estimate of drug-likeness (QED) is 0.440. The Balaban J connectivity index is 3.17. The van der Waals surface area contributed by atoms with Gasteiger partial charge in [0.05, 0.1) is 12.7 Å². The van der Waals surface area contributed by atoms with Crippen LogP contribution in [0.3, 0.4) is 0 Å². The van der Waals surface area contributed by atoms with E-state index in [9.17, 15) is 4.79 Å². The standard InChI is InChI=1S/C14H16O2/c1-4-12(10-11(2)14(15)16-3)13-8-6-5-7-9-13/h5-9H,4H2,1-3H3. The summed E-state index contributed by atoms with van der Waals surface area (Å²) in [6.07, 6.45) is 0.832. The van der Waals surface area contributed by atoms with Crippen LogP contribution in [0.25, 0.3) is 5.57 Å². The minimum absolute atomic E-state index is 0.332. The summed E-state index contributed by atoms with van der Waals surface area (Å²) in [7, 11) is 1.38. The van der Waals surface area contributed by atoms with Crippen LogP contribution in [-0.2, 0) is 9.53 Å². The Kier molecular flexibility index (Phi) is 4.56. The first-order valence-corrected chi connectivity index (χ1v) is 5.29. The maximum Gasteiger partial charge on any atom is 0.341 e. The van der Waals surface area contributed by atoms with Gasteiger partial charge in [0.1, 0.15) is 0 Å². The van der Waals surface area contributed by atoms with Gasteiger partial charge < -0.3 is 4.74 Å². The summed E-state index contributed by atoms with van der Waals surface area (Å²) in [4.78, 5) is 11.3. The molecule has 0 radical (unpaired) electrons. The highest BCUT2D eigenvalue weighted by molar-refractivity contribution is 5.88. The zero-order valence-corrected chi connectivity index (χ0v) is 9.91. The van der Waals surface area contributed by atoms with E-state index in [1.807, 2.05) is 37.3 Å². The zero-order valence-electron chi connectivity index (χ0n) is 9.91. The molecule has 0 fully saturated rings. The third-order valence-electron chi connectivity index (χ3n) is 2.31. The largest absolute Gasteiger partial charge is 0.465 e. The fourth-order valence-electron chi connectivity index (χ4n) is 1.43. The van der Waals surface area contributed by atoms with Crippen molar-refractivity contribution in [3.05, 3.63) is 47.2 Å². The lowest BCUT2D eigenvalue weighted by Crippen LogP contribution is -2.00. The van der Waals surface area contributed by atoms with E-state index in [-0.39, 0.29) is 5.97 Å². The van der Waals surface area contributed by atoms with Crippen molar-refractivity contribution in [1.82, 2.24) is 0 Å². The van der Waals surface area contributed by atoms with Crippen molar-refractivity contribution in [2.24, 2.45) is 0 Å². The topological polar surface area (TPSA) is 26.3 Å². The maximum absolute atomic E-state index is 11.3. The zero-order chi connectivity index (χ0) is 12.0. The van der Waals surface area contributed by atoms with Crippen molar-refractivity contribution >= 4 is 11.5 Å². The Bertz CT molecular complexity index is 423. The molecule has 0 N–H and O–H groups in total. The molecule has 16 heavy (non-hydrogen) atoms. The van der Waals surface area contributed by atoms with Gasteiger partial charge >= 0.3 is 5.97 Å². The van der Waals surface area contributed by atoms with Gasteiger partial charge in [-0.05, 0) is 18.9 Å². The average molecular weight is 216 g/mol. The van der Waals surface area contributed by atoms with E-state index in [1.54, 1.807) is 6.92 Å². The molecule has 0 aliphatic rings. The molecule has 1 rings (SSSR count). The van der Waals surface area contributed by atoms with Crippen molar-refractivity contribution < 1.29 is 9.53 Å². The Hall–Kier alpha value is -1.79. The molecule has 0 aliphatic heterocycles. The van der Waals surface area contributed by atoms with E-state index in [2.05, 4.69) is 10.5 Å². The van der Waals surface area contributed by atoms with Crippen LogP contribution in [0.15, 0.2) is 41.6 Å². The van der Waals surface area contributed by atoms with Crippen molar-refractivity contribution in [2.75, 3.05) is 7.11 Å². The highest BCUT2D eigenvalue weighted by atomic mass is 16.5. The lowest BCUT2D eigenvalue weighted by molar-refractivity contribution is -0.136. The van der Waals surface area contributed by atoms with Gasteiger partial charge in [0.25, 0.3) is 0 Å². The molecule has 0 amide bonds. The van der Waals surface area contributed by atoms with E-state index in [1.165, 1.54) is 7.11 Å². The van der Waals surface area contributed by atoms with E-state index in [0.717, 1.165) is 17.6 Å².